The zero-order valence-electron chi connectivity index (χ0n) is 23.7. The Morgan fingerprint density at radius 1 is 0.932 bits per heavy atom. The average molecular weight is 607 g/mol. The zero-order chi connectivity index (χ0) is 31.0. The number of pyridine rings is 1. The lowest BCUT2D eigenvalue weighted by Gasteiger charge is -2.12. The fraction of sp³-hybridized carbons (Fsp3) is 0.0938. The van der Waals surface area contributed by atoms with Gasteiger partial charge in [-0.25, -0.2) is 17.4 Å². The van der Waals surface area contributed by atoms with E-state index >= 15 is 0 Å². The fourth-order valence-corrected chi connectivity index (χ4v) is 6.62. The second-order valence-electron chi connectivity index (χ2n) is 10.0. The van der Waals surface area contributed by atoms with Crippen LogP contribution in [0, 0.1) is 10.1 Å². The van der Waals surface area contributed by atoms with Gasteiger partial charge in [0, 0.05) is 60.2 Å². The van der Waals surface area contributed by atoms with Gasteiger partial charge in [0.15, 0.2) is 5.65 Å². The summed E-state index contributed by atoms with van der Waals surface area (Å²) in [6.07, 6.45) is 3.43. The highest BCUT2D eigenvalue weighted by Crippen LogP contribution is 2.40. The van der Waals surface area contributed by atoms with E-state index in [4.69, 9.17) is 5.10 Å². The molecule has 0 aliphatic heterocycles. The van der Waals surface area contributed by atoms with E-state index in [2.05, 4.69) is 10.3 Å². The molecule has 1 amide bonds. The summed E-state index contributed by atoms with van der Waals surface area (Å²) in [5.41, 5.74) is 4.44. The van der Waals surface area contributed by atoms with Gasteiger partial charge in [0.2, 0.25) is 5.91 Å². The molecule has 6 aromatic rings. The molecule has 0 bridgehead atoms. The van der Waals surface area contributed by atoms with Crippen molar-refractivity contribution in [1.82, 2.24) is 18.7 Å². The third kappa shape index (κ3) is 5.11. The van der Waals surface area contributed by atoms with Crippen LogP contribution < -0.4 is 5.32 Å². The summed E-state index contributed by atoms with van der Waals surface area (Å²) in [6, 6.07) is 24.8. The van der Waals surface area contributed by atoms with E-state index in [1.54, 1.807) is 77.6 Å². The number of nitro benzene ring substituents is 1. The quantitative estimate of drug-likeness (QED) is 0.157. The Balaban J connectivity index is 1.60. The first-order valence-electron chi connectivity index (χ1n) is 13.7. The molecule has 0 unspecified atom stereocenters. The number of non-ortho nitro benzene ring substituents is 1. The number of fused-ring (bicyclic) bond motifs is 1. The number of nitro groups is 1. The summed E-state index contributed by atoms with van der Waals surface area (Å²) in [5, 5.41) is 19.3. The van der Waals surface area contributed by atoms with Gasteiger partial charge in [0.1, 0.15) is 5.69 Å². The lowest BCUT2D eigenvalue weighted by Crippen LogP contribution is -2.14. The van der Waals surface area contributed by atoms with Crippen LogP contribution in [0.1, 0.15) is 13.8 Å². The van der Waals surface area contributed by atoms with Crippen LogP contribution in [0.2, 0.25) is 0 Å². The zero-order valence-corrected chi connectivity index (χ0v) is 24.5. The van der Waals surface area contributed by atoms with Crippen molar-refractivity contribution in [2.45, 2.75) is 25.3 Å². The van der Waals surface area contributed by atoms with Gasteiger partial charge in [-0.15, -0.1) is 0 Å². The van der Waals surface area contributed by atoms with Crippen molar-refractivity contribution < 1.29 is 18.1 Å². The number of benzene rings is 3. The summed E-state index contributed by atoms with van der Waals surface area (Å²) in [7, 11) is -4.10. The molecule has 44 heavy (non-hydrogen) atoms. The number of nitrogens with zero attached hydrogens (tertiary/aromatic N) is 5. The molecule has 11 nitrogen and oxygen atoms in total. The third-order valence-corrected chi connectivity index (χ3v) is 8.89. The fourth-order valence-electron chi connectivity index (χ4n) is 5.11. The largest absolute Gasteiger partial charge is 0.326 e. The minimum atomic E-state index is -4.10. The maximum absolute atomic E-state index is 14.2. The molecule has 0 aliphatic carbocycles. The van der Waals surface area contributed by atoms with Crippen LogP contribution in [0.25, 0.3) is 44.7 Å². The Hall–Kier alpha value is -5.62. The number of rotatable bonds is 8. The van der Waals surface area contributed by atoms with Crippen LogP contribution >= 0.6 is 0 Å². The van der Waals surface area contributed by atoms with E-state index in [1.165, 1.54) is 35.2 Å². The van der Waals surface area contributed by atoms with Gasteiger partial charge in [-0.05, 0) is 66.6 Å². The number of hydrogen-bond donors (Lipinski definition) is 1. The highest BCUT2D eigenvalue weighted by atomic mass is 32.2. The number of aromatic nitrogens is 4. The highest BCUT2D eigenvalue weighted by Gasteiger charge is 2.27. The van der Waals surface area contributed by atoms with Crippen LogP contribution in [-0.2, 0) is 21.4 Å². The van der Waals surface area contributed by atoms with Crippen molar-refractivity contribution in [2.75, 3.05) is 5.32 Å². The summed E-state index contributed by atoms with van der Waals surface area (Å²) in [6.45, 7) is 3.94. The Morgan fingerprint density at radius 2 is 1.61 bits per heavy atom. The predicted molar refractivity (Wildman–Crippen MR) is 167 cm³/mol. The smallest absolute Gasteiger partial charge is 0.269 e. The standard InChI is InChI=1S/C32H26N6O5S/c1-3-36-20-29(31(35-36)23-11-15-25(16-12-23)38(40)41)27-17-18-33-32-28(27)19-30(22-9-13-24(14-10-22)34-21(2)39)37(32)44(42,43)26-7-5-4-6-8-26/h4-20H,3H2,1-2H3,(H,34,39). The molecule has 6 rings (SSSR count). The Bertz CT molecular complexity index is 2140. The van der Waals surface area contributed by atoms with Gasteiger partial charge in [-0.2, -0.15) is 5.10 Å². The van der Waals surface area contributed by atoms with Crippen molar-refractivity contribution in [1.29, 1.82) is 0 Å². The number of carbonyl (C=O) groups is 1. The average Bonchev–Trinajstić information content (AvgIpc) is 3.64. The minimum absolute atomic E-state index is 0.0334. The molecule has 0 saturated heterocycles. The van der Waals surface area contributed by atoms with E-state index in [1.807, 2.05) is 13.1 Å². The number of carbonyl (C=O) groups excluding carboxylic acids is 1. The summed E-state index contributed by atoms with van der Waals surface area (Å²) >= 11 is 0. The van der Waals surface area contributed by atoms with Crippen molar-refractivity contribution in [3.05, 3.63) is 114 Å². The molecule has 3 aromatic carbocycles. The summed E-state index contributed by atoms with van der Waals surface area (Å²) < 4.78 is 31.4. The van der Waals surface area contributed by atoms with Crippen molar-refractivity contribution >= 4 is 38.3 Å². The number of amides is 1. The van der Waals surface area contributed by atoms with E-state index in [9.17, 15) is 23.3 Å². The summed E-state index contributed by atoms with van der Waals surface area (Å²) in [5.74, 6) is -0.219. The van der Waals surface area contributed by atoms with E-state index < -0.39 is 14.9 Å². The first kappa shape index (κ1) is 28.5. The number of hydrogen-bond acceptors (Lipinski definition) is 7. The Labute approximate surface area is 252 Å². The lowest BCUT2D eigenvalue weighted by molar-refractivity contribution is -0.384. The second kappa shape index (κ2) is 11.2. The number of anilines is 1. The third-order valence-electron chi connectivity index (χ3n) is 7.17. The normalized spacial score (nSPS) is 11.5. The SMILES string of the molecule is CCn1cc(-c2ccnc3c2cc(-c2ccc(NC(C)=O)cc2)n3S(=O)(=O)c2ccccc2)c(-c2ccc([N+](=O)[O-])cc2)n1. The monoisotopic (exact) mass is 606 g/mol. The minimum Gasteiger partial charge on any atom is -0.326 e. The molecule has 0 radical (unpaired) electrons. The molecule has 0 atom stereocenters. The molecule has 3 aromatic heterocycles. The van der Waals surface area contributed by atoms with Crippen LogP contribution in [0.4, 0.5) is 11.4 Å². The molecule has 0 fully saturated rings. The molecular formula is C32H26N6O5S. The van der Waals surface area contributed by atoms with E-state index in [-0.39, 0.29) is 22.1 Å². The van der Waals surface area contributed by atoms with Crippen molar-refractivity contribution in [3.63, 3.8) is 0 Å². The Morgan fingerprint density at radius 3 is 2.25 bits per heavy atom. The first-order valence-corrected chi connectivity index (χ1v) is 15.1. The van der Waals surface area contributed by atoms with E-state index in [0.29, 0.717) is 45.7 Å². The molecule has 220 valence electrons. The second-order valence-corrected chi connectivity index (χ2v) is 11.8. The van der Waals surface area contributed by atoms with Gasteiger partial charge in [-0.1, -0.05) is 30.3 Å². The molecule has 0 spiro atoms. The molecule has 0 saturated carbocycles. The molecule has 0 aliphatic rings. The Kier molecular flexibility index (Phi) is 7.27. The number of aryl methyl sites for hydroxylation is 1. The maximum atomic E-state index is 14.2. The lowest BCUT2D eigenvalue weighted by atomic mass is 10.00. The van der Waals surface area contributed by atoms with Crippen molar-refractivity contribution in [3.8, 4) is 33.6 Å². The topological polar surface area (TPSA) is 142 Å². The van der Waals surface area contributed by atoms with Crippen LogP contribution in [0.3, 0.4) is 0 Å². The van der Waals surface area contributed by atoms with Crippen LogP contribution in [0.15, 0.2) is 108 Å². The highest BCUT2D eigenvalue weighted by molar-refractivity contribution is 7.90. The number of nitrogens with one attached hydrogen (secondary N) is 1. The predicted octanol–water partition coefficient (Wildman–Crippen LogP) is 6.36. The van der Waals surface area contributed by atoms with E-state index in [0.717, 1.165) is 5.56 Å². The first-order chi connectivity index (χ1) is 21.2. The maximum Gasteiger partial charge on any atom is 0.269 e. The van der Waals surface area contributed by atoms with Gasteiger partial charge < -0.3 is 5.32 Å². The summed E-state index contributed by atoms with van der Waals surface area (Å²) in [4.78, 5) is 27.0. The van der Waals surface area contributed by atoms with Gasteiger partial charge in [0.05, 0.1) is 15.5 Å². The van der Waals surface area contributed by atoms with Crippen molar-refractivity contribution in [2.24, 2.45) is 0 Å². The van der Waals surface area contributed by atoms with Crippen LogP contribution in [0.5, 0.6) is 0 Å². The molecular weight excluding hydrogens is 580 g/mol. The van der Waals surface area contributed by atoms with Gasteiger partial charge >= 0.3 is 0 Å². The molecule has 12 heteroatoms. The van der Waals surface area contributed by atoms with Gasteiger partial charge in [0.25, 0.3) is 15.7 Å². The molecule has 3 heterocycles. The van der Waals surface area contributed by atoms with Crippen LogP contribution in [-0.4, -0.2) is 38.0 Å². The van der Waals surface area contributed by atoms with Gasteiger partial charge in [-0.3, -0.25) is 19.6 Å². The molecule has 1 N–H and O–H groups in total.